The fourth-order valence-corrected chi connectivity index (χ4v) is 2.22. The van der Waals surface area contributed by atoms with Crippen LogP contribution in [0.2, 0.25) is 0 Å². The third-order valence-electron chi connectivity index (χ3n) is 2.99. The molecule has 0 unspecified atom stereocenters. The van der Waals surface area contributed by atoms with Crippen molar-refractivity contribution in [1.82, 2.24) is 9.69 Å². The lowest BCUT2D eigenvalue weighted by Crippen LogP contribution is -2.44. The molecule has 0 bridgehead atoms. The van der Waals surface area contributed by atoms with Gasteiger partial charge in [0.2, 0.25) is 0 Å². The highest BCUT2D eigenvalue weighted by atomic mass is 32.1. The average Bonchev–Trinajstić information content (AvgIpc) is 2.76. The molecular weight excluding hydrogens is 278 g/mol. The Hall–Kier alpha value is -1.63. The van der Waals surface area contributed by atoms with E-state index in [4.69, 9.17) is 4.74 Å². The summed E-state index contributed by atoms with van der Waals surface area (Å²) in [5, 5.41) is 6.33. The number of carbonyl (C=O) groups excluding carboxylic acids is 2. The Labute approximate surface area is 123 Å². The molecule has 20 heavy (non-hydrogen) atoms. The van der Waals surface area contributed by atoms with Crippen LogP contribution in [0.4, 0.5) is 5.00 Å². The first kappa shape index (κ1) is 16.4. The van der Waals surface area contributed by atoms with Gasteiger partial charge in [-0.15, -0.1) is 0 Å². The molecule has 0 atom stereocenters. The maximum absolute atomic E-state index is 12.0. The third-order valence-corrected chi connectivity index (χ3v) is 3.95. The van der Waals surface area contributed by atoms with E-state index in [2.05, 4.69) is 15.0 Å². The van der Waals surface area contributed by atoms with Crippen molar-refractivity contribution < 1.29 is 14.3 Å². The minimum atomic E-state index is -0.537. The number of nitrogens with one attached hydrogen (secondary N) is 2. The van der Waals surface area contributed by atoms with Gasteiger partial charge in [-0.05, 0) is 38.7 Å². The van der Waals surface area contributed by atoms with Gasteiger partial charge in [0, 0.05) is 12.6 Å². The summed E-state index contributed by atoms with van der Waals surface area (Å²) in [6.45, 7) is 7.25. The van der Waals surface area contributed by atoms with E-state index in [9.17, 15) is 9.59 Å². The van der Waals surface area contributed by atoms with E-state index in [-0.39, 0.29) is 18.1 Å². The van der Waals surface area contributed by atoms with Crippen molar-refractivity contribution in [1.29, 1.82) is 0 Å². The molecule has 1 heterocycles. The number of hydrogen-bond donors (Lipinski definition) is 2. The first-order valence-corrected chi connectivity index (χ1v) is 7.20. The van der Waals surface area contributed by atoms with Gasteiger partial charge in [-0.25, -0.2) is 4.79 Å². The zero-order valence-electron chi connectivity index (χ0n) is 12.5. The molecule has 0 aliphatic heterocycles. The Kier molecular flexibility index (Phi) is 5.50. The number of rotatable bonds is 6. The van der Waals surface area contributed by atoms with Crippen molar-refractivity contribution in [3.8, 4) is 0 Å². The fourth-order valence-electron chi connectivity index (χ4n) is 1.49. The number of nitrogens with zero attached hydrogens (tertiary/aromatic N) is 1. The first-order valence-electron chi connectivity index (χ1n) is 6.43. The standard InChI is InChI=1S/C13H21N3O3S/c1-6-13(3,4)15-9(17)7-19-12(18)10-8(2)16-20-11(10)14-5/h14H,6-7H2,1-5H3,(H,15,17). The summed E-state index contributed by atoms with van der Waals surface area (Å²) in [5.74, 6) is -0.845. The Morgan fingerprint density at radius 1 is 1.40 bits per heavy atom. The number of aryl methyl sites for hydroxylation is 1. The molecule has 0 fully saturated rings. The van der Waals surface area contributed by atoms with Gasteiger partial charge in [-0.1, -0.05) is 6.92 Å². The number of esters is 1. The molecule has 0 aromatic carbocycles. The Bertz CT molecular complexity index is 497. The van der Waals surface area contributed by atoms with Crippen molar-refractivity contribution in [3.05, 3.63) is 11.3 Å². The highest BCUT2D eigenvalue weighted by molar-refractivity contribution is 7.10. The summed E-state index contributed by atoms with van der Waals surface area (Å²) in [6, 6.07) is 0. The van der Waals surface area contributed by atoms with Gasteiger partial charge in [0.1, 0.15) is 10.6 Å². The number of ether oxygens (including phenoxy) is 1. The molecule has 112 valence electrons. The summed E-state index contributed by atoms with van der Waals surface area (Å²) in [7, 11) is 1.71. The van der Waals surface area contributed by atoms with Crippen LogP contribution in [0.1, 0.15) is 43.2 Å². The van der Waals surface area contributed by atoms with Crippen LogP contribution in [-0.2, 0) is 9.53 Å². The van der Waals surface area contributed by atoms with Crippen molar-refractivity contribution >= 4 is 28.4 Å². The monoisotopic (exact) mass is 299 g/mol. The molecule has 2 N–H and O–H groups in total. The van der Waals surface area contributed by atoms with Crippen molar-refractivity contribution in [2.75, 3.05) is 19.0 Å². The van der Waals surface area contributed by atoms with Gasteiger partial charge in [-0.2, -0.15) is 4.37 Å². The Balaban J connectivity index is 2.60. The first-order chi connectivity index (χ1) is 9.30. The van der Waals surface area contributed by atoms with Crippen LogP contribution in [0.5, 0.6) is 0 Å². The summed E-state index contributed by atoms with van der Waals surface area (Å²) in [6.07, 6.45) is 0.796. The second-order valence-corrected chi connectivity index (χ2v) is 5.86. The van der Waals surface area contributed by atoms with Crippen LogP contribution < -0.4 is 10.6 Å². The lowest BCUT2D eigenvalue weighted by Gasteiger charge is -2.24. The molecule has 1 rings (SSSR count). The molecule has 1 amide bonds. The Morgan fingerprint density at radius 2 is 2.05 bits per heavy atom. The number of aromatic nitrogens is 1. The van der Waals surface area contributed by atoms with E-state index in [0.29, 0.717) is 16.3 Å². The molecular formula is C13H21N3O3S. The molecule has 6 nitrogen and oxygen atoms in total. The van der Waals surface area contributed by atoms with Crippen LogP contribution in [0.25, 0.3) is 0 Å². The summed E-state index contributed by atoms with van der Waals surface area (Å²) < 4.78 is 9.12. The highest BCUT2D eigenvalue weighted by Crippen LogP contribution is 2.24. The lowest BCUT2D eigenvalue weighted by atomic mass is 10.0. The van der Waals surface area contributed by atoms with E-state index in [1.807, 2.05) is 20.8 Å². The molecule has 7 heteroatoms. The topological polar surface area (TPSA) is 80.3 Å². The maximum atomic E-state index is 12.0. The second-order valence-electron chi connectivity index (χ2n) is 5.08. The zero-order valence-corrected chi connectivity index (χ0v) is 13.3. The number of carbonyl (C=O) groups is 2. The predicted molar refractivity (Wildman–Crippen MR) is 79.2 cm³/mol. The quantitative estimate of drug-likeness (QED) is 0.785. The minimum Gasteiger partial charge on any atom is -0.452 e. The van der Waals surface area contributed by atoms with E-state index in [1.54, 1.807) is 14.0 Å². The van der Waals surface area contributed by atoms with Crippen molar-refractivity contribution in [3.63, 3.8) is 0 Å². The molecule has 0 saturated carbocycles. The van der Waals surface area contributed by atoms with Crippen molar-refractivity contribution in [2.45, 2.75) is 39.7 Å². The van der Waals surface area contributed by atoms with E-state index < -0.39 is 5.97 Å². The van der Waals surface area contributed by atoms with Crippen molar-refractivity contribution in [2.24, 2.45) is 0 Å². The SMILES string of the molecule is CCC(C)(C)NC(=O)COC(=O)c1c(C)nsc1NC. The number of hydrogen-bond acceptors (Lipinski definition) is 6. The summed E-state index contributed by atoms with van der Waals surface area (Å²) in [4.78, 5) is 23.7. The number of anilines is 1. The summed E-state index contributed by atoms with van der Waals surface area (Å²) in [5.41, 5.74) is 0.679. The van der Waals surface area contributed by atoms with Crippen LogP contribution in [0, 0.1) is 6.92 Å². The van der Waals surface area contributed by atoms with Crippen LogP contribution in [0.15, 0.2) is 0 Å². The predicted octanol–water partition coefficient (Wildman–Crippen LogP) is 1.95. The van der Waals surface area contributed by atoms with Gasteiger partial charge in [0.25, 0.3) is 5.91 Å². The van der Waals surface area contributed by atoms with Gasteiger partial charge in [-0.3, -0.25) is 4.79 Å². The molecule has 1 aromatic rings. The Morgan fingerprint density at radius 3 is 2.60 bits per heavy atom. The molecule has 0 aliphatic carbocycles. The third kappa shape index (κ3) is 4.19. The molecule has 0 aliphatic rings. The molecule has 1 aromatic heterocycles. The number of amides is 1. The largest absolute Gasteiger partial charge is 0.452 e. The van der Waals surface area contributed by atoms with Gasteiger partial charge >= 0.3 is 5.97 Å². The van der Waals surface area contributed by atoms with Gasteiger partial charge in [0.05, 0.1) is 5.69 Å². The average molecular weight is 299 g/mol. The van der Waals surface area contributed by atoms with E-state index in [1.165, 1.54) is 11.5 Å². The highest BCUT2D eigenvalue weighted by Gasteiger charge is 2.22. The molecule has 0 saturated heterocycles. The molecule has 0 spiro atoms. The lowest BCUT2D eigenvalue weighted by molar-refractivity contribution is -0.125. The van der Waals surface area contributed by atoms with Crippen LogP contribution >= 0.6 is 11.5 Å². The second kappa shape index (κ2) is 6.69. The minimum absolute atomic E-state index is 0.291. The van der Waals surface area contributed by atoms with E-state index in [0.717, 1.165) is 6.42 Å². The fraction of sp³-hybridized carbons (Fsp3) is 0.615. The van der Waals surface area contributed by atoms with Gasteiger partial charge in [0.15, 0.2) is 6.61 Å². The normalized spacial score (nSPS) is 11.1. The zero-order chi connectivity index (χ0) is 15.3. The summed E-state index contributed by atoms with van der Waals surface area (Å²) >= 11 is 1.19. The maximum Gasteiger partial charge on any atom is 0.343 e. The van der Waals surface area contributed by atoms with Gasteiger partial charge < -0.3 is 15.4 Å². The van der Waals surface area contributed by atoms with Crippen LogP contribution in [-0.4, -0.2) is 35.4 Å². The smallest absolute Gasteiger partial charge is 0.343 e. The molecule has 0 radical (unpaired) electrons. The van der Waals surface area contributed by atoms with E-state index >= 15 is 0 Å². The van der Waals surface area contributed by atoms with Crippen LogP contribution in [0.3, 0.4) is 0 Å².